The highest BCUT2D eigenvalue weighted by atomic mass is 32.1. The molecule has 0 aromatic carbocycles. The zero-order valence-corrected chi connectivity index (χ0v) is 12.4. The van der Waals surface area contributed by atoms with Gasteiger partial charge in [0, 0.05) is 19.3 Å². The van der Waals surface area contributed by atoms with Crippen LogP contribution >= 0.6 is 12.2 Å². The molecule has 2 saturated heterocycles. The van der Waals surface area contributed by atoms with Crippen molar-refractivity contribution in [3.63, 3.8) is 0 Å². The van der Waals surface area contributed by atoms with Crippen LogP contribution in [0.2, 0.25) is 0 Å². The van der Waals surface area contributed by atoms with Gasteiger partial charge in [0.1, 0.15) is 0 Å². The van der Waals surface area contributed by atoms with E-state index in [4.69, 9.17) is 12.2 Å². The quantitative estimate of drug-likeness (QED) is 0.515. The standard InChI is InChI=1S/C15H20N4S/c20-15(18-17-9-14-3-1-2-8-16-14)19-10-12-4-5-13(11-19)7-6-12/h1-3,8-9,12-13H,4-7,10-11H2,(H,18,20). The van der Waals surface area contributed by atoms with Crippen LogP contribution in [-0.2, 0) is 0 Å². The third-order valence-electron chi connectivity index (χ3n) is 4.26. The van der Waals surface area contributed by atoms with Crippen LogP contribution in [0, 0.1) is 11.8 Å². The highest BCUT2D eigenvalue weighted by Crippen LogP contribution is 2.33. The normalized spacial score (nSPS) is 25.7. The average molecular weight is 288 g/mol. The van der Waals surface area contributed by atoms with Crippen LogP contribution in [0.15, 0.2) is 29.5 Å². The fourth-order valence-electron chi connectivity index (χ4n) is 3.14. The summed E-state index contributed by atoms with van der Waals surface area (Å²) in [5.41, 5.74) is 3.82. The highest BCUT2D eigenvalue weighted by molar-refractivity contribution is 7.80. The van der Waals surface area contributed by atoms with Crippen LogP contribution in [0.25, 0.3) is 0 Å². The number of aromatic nitrogens is 1. The lowest BCUT2D eigenvalue weighted by Crippen LogP contribution is -2.40. The number of thiocarbonyl (C=S) groups is 1. The van der Waals surface area contributed by atoms with Crippen molar-refractivity contribution in [1.29, 1.82) is 0 Å². The van der Waals surface area contributed by atoms with Crippen LogP contribution in [0.3, 0.4) is 0 Å². The summed E-state index contributed by atoms with van der Waals surface area (Å²) < 4.78 is 0. The van der Waals surface area contributed by atoms with Crippen LogP contribution in [-0.4, -0.2) is 34.3 Å². The van der Waals surface area contributed by atoms with Crippen LogP contribution < -0.4 is 5.43 Å². The predicted molar refractivity (Wildman–Crippen MR) is 84.6 cm³/mol. The molecule has 0 amide bonds. The Bertz CT molecular complexity index is 466. The molecule has 20 heavy (non-hydrogen) atoms. The van der Waals surface area contributed by atoms with Gasteiger partial charge >= 0.3 is 0 Å². The molecule has 1 aromatic rings. The van der Waals surface area contributed by atoms with Crippen molar-refractivity contribution < 1.29 is 0 Å². The average Bonchev–Trinajstić information content (AvgIpc) is 2.82. The lowest BCUT2D eigenvalue weighted by molar-refractivity contribution is 0.326. The van der Waals surface area contributed by atoms with Gasteiger partial charge in [0.05, 0.1) is 11.9 Å². The summed E-state index contributed by atoms with van der Waals surface area (Å²) in [6.45, 7) is 2.17. The zero-order valence-electron chi connectivity index (χ0n) is 11.5. The Morgan fingerprint density at radius 2 is 1.95 bits per heavy atom. The van der Waals surface area contributed by atoms with Crippen molar-refractivity contribution in [3.05, 3.63) is 30.1 Å². The fraction of sp³-hybridized carbons (Fsp3) is 0.533. The van der Waals surface area contributed by atoms with Gasteiger partial charge in [-0.2, -0.15) is 5.10 Å². The van der Waals surface area contributed by atoms with E-state index < -0.39 is 0 Å². The number of nitrogens with one attached hydrogen (secondary N) is 1. The number of hydrogen-bond acceptors (Lipinski definition) is 3. The van der Waals surface area contributed by atoms with Gasteiger partial charge in [-0.15, -0.1) is 0 Å². The van der Waals surface area contributed by atoms with Crippen LogP contribution in [0.5, 0.6) is 0 Å². The molecule has 0 radical (unpaired) electrons. The first-order valence-electron chi connectivity index (χ1n) is 7.30. The molecule has 3 aliphatic rings. The maximum Gasteiger partial charge on any atom is 0.189 e. The van der Waals surface area contributed by atoms with Crippen molar-refractivity contribution in [2.24, 2.45) is 16.9 Å². The lowest BCUT2D eigenvalue weighted by Gasteiger charge is -2.24. The number of hydrazone groups is 1. The second-order valence-corrected chi connectivity index (χ2v) is 6.11. The van der Waals surface area contributed by atoms with Crippen molar-refractivity contribution >= 4 is 23.5 Å². The second kappa shape index (κ2) is 6.31. The molecule has 1 saturated carbocycles. The SMILES string of the molecule is S=C(NN=Cc1ccccn1)N1CC2CCC(CC2)C1. The largest absolute Gasteiger partial charge is 0.347 e. The van der Waals surface area contributed by atoms with Gasteiger partial charge in [-0.1, -0.05) is 6.07 Å². The second-order valence-electron chi connectivity index (χ2n) is 5.72. The third kappa shape index (κ3) is 3.33. The molecule has 5 heteroatoms. The lowest BCUT2D eigenvalue weighted by atomic mass is 9.84. The van der Waals surface area contributed by atoms with Gasteiger partial charge in [-0.05, 0) is 61.9 Å². The van der Waals surface area contributed by atoms with E-state index in [1.807, 2.05) is 18.2 Å². The molecule has 4 nitrogen and oxygen atoms in total. The van der Waals surface area contributed by atoms with E-state index in [2.05, 4.69) is 20.4 Å². The number of nitrogens with zero attached hydrogens (tertiary/aromatic N) is 3. The smallest absolute Gasteiger partial charge is 0.189 e. The van der Waals surface area contributed by atoms with E-state index in [9.17, 15) is 0 Å². The summed E-state index contributed by atoms with van der Waals surface area (Å²) in [5, 5.41) is 4.94. The number of rotatable bonds is 2. The molecule has 2 aliphatic heterocycles. The summed E-state index contributed by atoms with van der Waals surface area (Å²) in [6.07, 6.45) is 8.91. The van der Waals surface area contributed by atoms with Crippen molar-refractivity contribution in [3.8, 4) is 0 Å². The first kappa shape index (κ1) is 13.5. The van der Waals surface area contributed by atoms with Gasteiger partial charge in [0.15, 0.2) is 5.11 Å². The molecular weight excluding hydrogens is 268 g/mol. The van der Waals surface area contributed by atoms with Gasteiger partial charge < -0.3 is 4.90 Å². The molecule has 0 spiro atoms. The van der Waals surface area contributed by atoms with Gasteiger partial charge in [0.25, 0.3) is 0 Å². The first-order chi connectivity index (χ1) is 9.81. The molecule has 1 aliphatic carbocycles. The number of fused-ring (bicyclic) bond motifs is 4. The molecule has 3 heterocycles. The Morgan fingerprint density at radius 3 is 2.55 bits per heavy atom. The molecule has 2 bridgehead atoms. The zero-order chi connectivity index (χ0) is 13.8. The van der Waals surface area contributed by atoms with Crippen LogP contribution in [0.4, 0.5) is 0 Å². The van der Waals surface area contributed by atoms with E-state index in [0.717, 1.165) is 35.7 Å². The van der Waals surface area contributed by atoms with E-state index in [-0.39, 0.29) is 0 Å². The van der Waals surface area contributed by atoms with E-state index in [0.29, 0.717) is 0 Å². The van der Waals surface area contributed by atoms with Gasteiger partial charge in [0.2, 0.25) is 0 Å². The Balaban J connectivity index is 1.55. The third-order valence-corrected chi connectivity index (χ3v) is 4.60. The molecule has 1 N–H and O–H groups in total. The van der Waals surface area contributed by atoms with E-state index in [1.165, 1.54) is 25.7 Å². The highest BCUT2D eigenvalue weighted by Gasteiger charge is 2.30. The Kier molecular flexibility index (Phi) is 4.25. The molecule has 106 valence electrons. The van der Waals surface area contributed by atoms with E-state index in [1.54, 1.807) is 12.4 Å². The van der Waals surface area contributed by atoms with E-state index >= 15 is 0 Å². The Labute approximate surface area is 125 Å². The van der Waals surface area contributed by atoms with Crippen molar-refractivity contribution in [1.82, 2.24) is 15.3 Å². The van der Waals surface area contributed by atoms with Crippen LogP contribution in [0.1, 0.15) is 31.4 Å². The van der Waals surface area contributed by atoms with Gasteiger partial charge in [-0.3, -0.25) is 10.4 Å². The minimum Gasteiger partial charge on any atom is -0.347 e. The predicted octanol–water partition coefficient (Wildman–Crippen LogP) is 2.41. The molecule has 0 unspecified atom stereocenters. The maximum absolute atomic E-state index is 5.46. The first-order valence-corrected chi connectivity index (χ1v) is 7.71. The molecule has 0 atom stereocenters. The van der Waals surface area contributed by atoms with Crippen molar-refractivity contribution in [2.45, 2.75) is 25.7 Å². The molecule has 3 fully saturated rings. The molecule has 1 aromatic heterocycles. The summed E-state index contributed by atoms with van der Waals surface area (Å²) in [7, 11) is 0. The summed E-state index contributed by atoms with van der Waals surface area (Å²) in [4.78, 5) is 6.48. The molecule has 4 rings (SSSR count). The Morgan fingerprint density at radius 1 is 1.25 bits per heavy atom. The fourth-order valence-corrected chi connectivity index (χ4v) is 3.34. The number of hydrogen-bond donors (Lipinski definition) is 1. The van der Waals surface area contributed by atoms with Crippen molar-refractivity contribution in [2.75, 3.05) is 13.1 Å². The Hall–Kier alpha value is -1.49. The summed E-state index contributed by atoms with van der Waals surface area (Å²) in [5.74, 6) is 1.63. The number of pyridine rings is 1. The minimum absolute atomic E-state index is 0.746. The topological polar surface area (TPSA) is 40.5 Å². The summed E-state index contributed by atoms with van der Waals surface area (Å²) in [6, 6.07) is 5.75. The summed E-state index contributed by atoms with van der Waals surface area (Å²) >= 11 is 5.46. The van der Waals surface area contributed by atoms with Gasteiger partial charge in [-0.25, -0.2) is 0 Å². The monoisotopic (exact) mass is 288 g/mol. The minimum atomic E-state index is 0.746. The molecular formula is C15H20N4S. The maximum atomic E-state index is 5.46.